The van der Waals surface area contributed by atoms with Gasteiger partial charge in [0.05, 0.1) is 16.6 Å². The number of rotatable bonds is 1. The second-order valence-electron chi connectivity index (χ2n) is 5.81. The van der Waals surface area contributed by atoms with E-state index >= 15 is 0 Å². The van der Waals surface area contributed by atoms with Crippen LogP contribution < -0.4 is 5.69 Å². The Hall–Kier alpha value is -1.72. The van der Waals surface area contributed by atoms with Gasteiger partial charge in [-0.2, -0.15) is 13.2 Å². The fourth-order valence-electron chi connectivity index (χ4n) is 1.96. The zero-order valence-corrected chi connectivity index (χ0v) is 10.9. The summed E-state index contributed by atoms with van der Waals surface area (Å²) in [7, 11) is 0. The molecular weight excluding hydrogens is 257 g/mol. The number of hydrogen-bond acceptors (Lipinski definition) is 1. The molecule has 0 bridgehead atoms. The Balaban J connectivity index is 2.63. The zero-order valence-electron chi connectivity index (χ0n) is 10.9. The summed E-state index contributed by atoms with van der Waals surface area (Å²) in [5, 5.41) is 0. The van der Waals surface area contributed by atoms with Gasteiger partial charge in [0.2, 0.25) is 0 Å². The SMILES string of the molecule is CC(C)(C)Cn1c(=O)[nH]c2ccc(C(F)(F)F)cc21. The minimum Gasteiger partial charge on any atom is -0.306 e. The maximum atomic E-state index is 12.7. The van der Waals surface area contributed by atoms with E-state index in [0.29, 0.717) is 12.1 Å². The summed E-state index contributed by atoms with van der Waals surface area (Å²) >= 11 is 0. The van der Waals surface area contributed by atoms with Crippen LogP contribution in [0.2, 0.25) is 0 Å². The van der Waals surface area contributed by atoms with Gasteiger partial charge in [0.25, 0.3) is 0 Å². The van der Waals surface area contributed by atoms with Crippen LogP contribution in [0, 0.1) is 5.41 Å². The molecule has 0 saturated heterocycles. The molecule has 0 aliphatic rings. The van der Waals surface area contributed by atoms with Crippen LogP contribution in [-0.4, -0.2) is 9.55 Å². The Morgan fingerprint density at radius 1 is 1.21 bits per heavy atom. The van der Waals surface area contributed by atoms with Crippen molar-refractivity contribution in [1.82, 2.24) is 9.55 Å². The maximum Gasteiger partial charge on any atom is 0.416 e. The molecule has 0 atom stereocenters. The van der Waals surface area contributed by atoms with E-state index in [0.717, 1.165) is 12.1 Å². The first kappa shape index (κ1) is 13.7. The number of alkyl halides is 3. The Morgan fingerprint density at radius 2 is 1.84 bits per heavy atom. The van der Waals surface area contributed by atoms with E-state index in [-0.39, 0.29) is 16.6 Å². The maximum absolute atomic E-state index is 12.7. The summed E-state index contributed by atoms with van der Waals surface area (Å²) < 4.78 is 39.4. The summed E-state index contributed by atoms with van der Waals surface area (Å²) in [5.41, 5.74) is -0.629. The Kier molecular flexibility index (Phi) is 2.99. The minimum absolute atomic E-state index is 0.201. The van der Waals surface area contributed by atoms with Crippen molar-refractivity contribution in [2.24, 2.45) is 5.41 Å². The van der Waals surface area contributed by atoms with Gasteiger partial charge < -0.3 is 4.98 Å². The summed E-state index contributed by atoms with van der Waals surface area (Å²) in [6, 6.07) is 3.28. The Morgan fingerprint density at radius 3 is 2.37 bits per heavy atom. The van der Waals surface area contributed by atoms with E-state index in [1.807, 2.05) is 20.8 Å². The van der Waals surface area contributed by atoms with Crippen molar-refractivity contribution >= 4 is 11.0 Å². The van der Waals surface area contributed by atoms with Gasteiger partial charge in [0.1, 0.15) is 0 Å². The van der Waals surface area contributed by atoms with E-state index in [9.17, 15) is 18.0 Å². The van der Waals surface area contributed by atoms with E-state index < -0.39 is 11.7 Å². The highest BCUT2D eigenvalue weighted by Crippen LogP contribution is 2.31. The van der Waals surface area contributed by atoms with Gasteiger partial charge in [-0.25, -0.2) is 4.79 Å². The first-order valence-electron chi connectivity index (χ1n) is 5.88. The molecular formula is C13H15F3N2O. The predicted octanol–water partition coefficient (Wildman–Crippen LogP) is 3.39. The summed E-state index contributed by atoms with van der Waals surface area (Å²) in [6.07, 6.45) is -4.41. The first-order chi connectivity index (χ1) is 8.58. The normalized spacial score (nSPS) is 13.2. The molecule has 6 heteroatoms. The lowest BCUT2D eigenvalue weighted by Gasteiger charge is -2.18. The number of benzene rings is 1. The number of hydrogen-bond donors (Lipinski definition) is 1. The molecule has 0 amide bonds. The first-order valence-corrected chi connectivity index (χ1v) is 5.88. The molecule has 0 aliphatic heterocycles. The fraction of sp³-hybridized carbons (Fsp3) is 0.462. The van der Waals surface area contributed by atoms with Crippen molar-refractivity contribution in [3.05, 3.63) is 34.2 Å². The number of nitrogens with zero attached hydrogens (tertiary/aromatic N) is 1. The van der Waals surface area contributed by atoms with Crippen LogP contribution in [0.3, 0.4) is 0 Å². The van der Waals surface area contributed by atoms with Crippen molar-refractivity contribution in [2.75, 3.05) is 0 Å². The molecule has 0 aliphatic carbocycles. The molecule has 2 rings (SSSR count). The molecule has 1 aromatic carbocycles. The molecule has 1 N–H and O–H groups in total. The van der Waals surface area contributed by atoms with E-state index in [1.54, 1.807) is 0 Å². The lowest BCUT2D eigenvalue weighted by Crippen LogP contribution is -2.24. The van der Waals surface area contributed by atoms with E-state index in [2.05, 4.69) is 4.98 Å². The standard InChI is InChI=1S/C13H15F3N2O/c1-12(2,3)7-18-10-6-8(13(14,15)16)4-5-9(10)17-11(18)19/h4-6H,7H2,1-3H3,(H,17,19). The van der Waals surface area contributed by atoms with Gasteiger partial charge in [-0.3, -0.25) is 4.57 Å². The molecule has 0 radical (unpaired) electrons. The monoisotopic (exact) mass is 272 g/mol. The van der Waals surface area contributed by atoms with E-state index in [4.69, 9.17) is 0 Å². The van der Waals surface area contributed by atoms with Crippen LogP contribution in [0.25, 0.3) is 11.0 Å². The highest BCUT2D eigenvalue weighted by molar-refractivity contribution is 5.76. The fourth-order valence-corrected chi connectivity index (χ4v) is 1.96. The highest BCUT2D eigenvalue weighted by atomic mass is 19.4. The third kappa shape index (κ3) is 2.83. The molecule has 0 spiro atoms. The van der Waals surface area contributed by atoms with Crippen LogP contribution in [0.4, 0.5) is 13.2 Å². The molecule has 3 nitrogen and oxygen atoms in total. The van der Waals surface area contributed by atoms with Gasteiger partial charge in [0, 0.05) is 6.54 Å². The predicted molar refractivity (Wildman–Crippen MR) is 67.0 cm³/mol. The number of fused-ring (bicyclic) bond motifs is 1. The van der Waals surface area contributed by atoms with Gasteiger partial charge in [0.15, 0.2) is 0 Å². The second kappa shape index (κ2) is 4.15. The van der Waals surface area contributed by atoms with Crippen molar-refractivity contribution in [1.29, 1.82) is 0 Å². The largest absolute Gasteiger partial charge is 0.416 e. The van der Waals surface area contributed by atoms with Crippen LogP contribution in [0.1, 0.15) is 26.3 Å². The number of aromatic nitrogens is 2. The summed E-state index contributed by atoms with van der Waals surface area (Å²) in [4.78, 5) is 14.4. The molecule has 2 aromatic rings. The number of halogens is 3. The topological polar surface area (TPSA) is 37.8 Å². The average molecular weight is 272 g/mol. The van der Waals surface area contributed by atoms with Gasteiger partial charge in [-0.1, -0.05) is 20.8 Å². The van der Waals surface area contributed by atoms with Crippen LogP contribution in [-0.2, 0) is 12.7 Å². The van der Waals surface area contributed by atoms with Crippen LogP contribution >= 0.6 is 0 Å². The Labute approximate surface area is 108 Å². The highest BCUT2D eigenvalue weighted by Gasteiger charge is 2.31. The third-order valence-corrected chi connectivity index (χ3v) is 2.74. The number of H-pyrrole nitrogens is 1. The van der Waals surface area contributed by atoms with Crippen LogP contribution in [0.5, 0.6) is 0 Å². The summed E-state index contributed by atoms with van der Waals surface area (Å²) in [5.74, 6) is 0. The Bertz CT molecular complexity index is 659. The summed E-state index contributed by atoms with van der Waals surface area (Å²) in [6.45, 7) is 6.12. The molecule has 0 fully saturated rings. The molecule has 19 heavy (non-hydrogen) atoms. The molecule has 1 aromatic heterocycles. The smallest absolute Gasteiger partial charge is 0.306 e. The lowest BCUT2D eigenvalue weighted by atomic mass is 9.97. The van der Waals surface area contributed by atoms with Crippen molar-refractivity contribution in [3.63, 3.8) is 0 Å². The van der Waals surface area contributed by atoms with Gasteiger partial charge in [-0.05, 0) is 23.6 Å². The van der Waals surface area contributed by atoms with Crippen LogP contribution in [0.15, 0.2) is 23.0 Å². The molecule has 104 valence electrons. The number of aromatic amines is 1. The lowest BCUT2D eigenvalue weighted by molar-refractivity contribution is -0.137. The van der Waals surface area contributed by atoms with E-state index in [1.165, 1.54) is 10.6 Å². The number of imidazole rings is 1. The molecule has 1 heterocycles. The van der Waals surface area contributed by atoms with Crippen molar-refractivity contribution in [2.45, 2.75) is 33.5 Å². The molecule has 0 unspecified atom stereocenters. The number of nitrogens with one attached hydrogen (secondary N) is 1. The van der Waals surface area contributed by atoms with Gasteiger partial charge in [-0.15, -0.1) is 0 Å². The average Bonchev–Trinajstić information content (AvgIpc) is 2.51. The second-order valence-corrected chi connectivity index (χ2v) is 5.81. The third-order valence-electron chi connectivity index (χ3n) is 2.74. The minimum atomic E-state index is -4.41. The quantitative estimate of drug-likeness (QED) is 0.849. The molecule has 0 saturated carbocycles. The van der Waals surface area contributed by atoms with Crippen molar-refractivity contribution < 1.29 is 13.2 Å². The van der Waals surface area contributed by atoms with Crippen molar-refractivity contribution in [3.8, 4) is 0 Å². The zero-order chi connectivity index (χ0) is 14.4. The van der Waals surface area contributed by atoms with Gasteiger partial charge >= 0.3 is 11.9 Å².